The van der Waals surface area contributed by atoms with Gasteiger partial charge in [0.1, 0.15) is 17.2 Å². The molecule has 1 aromatic heterocycles. The molecule has 1 aliphatic carbocycles. The van der Waals surface area contributed by atoms with E-state index < -0.39 is 28.1 Å². The van der Waals surface area contributed by atoms with Gasteiger partial charge in [0.2, 0.25) is 6.41 Å². The highest BCUT2D eigenvalue weighted by Crippen LogP contribution is 2.37. The summed E-state index contributed by atoms with van der Waals surface area (Å²) in [7, 11) is 1.67. The molecule has 38 heavy (non-hydrogen) atoms. The van der Waals surface area contributed by atoms with E-state index in [1.165, 1.54) is 42.6 Å². The molecule has 1 aliphatic rings. The Morgan fingerprint density at radius 3 is 2.42 bits per heavy atom. The van der Waals surface area contributed by atoms with Crippen molar-refractivity contribution in [1.82, 2.24) is 9.88 Å². The van der Waals surface area contributed by atoms with E-state index in [9.17, 15) is 23.0 Å². The van der Waals surface area contributed by atoms with Gasteiger partial charge in [0, 0.05) is 35.5 Å². The van der Waals surface area contributed by atoms with Gasteiger partial charge in [0.25, 0.3) is 11.5 Å². The van der Waals surface area contributed by atoms with Crippen molar-refractivity contribution in [2.24, 2.45) is 7.05 Å². The van der Waals surface area contributed by atoms with Gasteiger partial charge in [-0.2, -0.15) is 0 Å². The van der Waals surface area contributed by atoms with Crippen LogP contribution in [0.3, 0.4) is 0 Å². The molecule has 1 unspecified atom stereocenters. The smallest absolute Gasteiger partial charge is 0.256 e. The Labute approximate surface area is 224 Å². The number of nitrogens with zero attached hydrogens (tertiary/aromatic N) is 2. The fourth-order valence-electron chi connectivity index (χ4n) is 4.03. The lowest BCUT2D eigenvalue weighted by Crippen LogP contribution is -2.33. The second-order valence-electron chi connectivity index (χ2n) is 8.72. The van der Waals surface area contributed by atoms with Crippen molar-refractivity contribution < 1.29 is 18.2 Å². The summed E-state index contributed by atoms with van der Waals surface area (Å²) in [5.41, 5.74) is 0.831. The monoisotopic (exact) mass is 540 g/mol. The largest absolute Gasteiger partial charge is 0.355 e. The van der Waals surface area contributed by atoms with Gasteiger partial charge in [0.05, 0.1) is 22.2 Å². The zero-order valence-corrected chi connectivity index (χ0v) is 23.2. The Kier molecular flexibility index (Phi) is 9.22. The van der Waals surface area contributed by atoms with Crippen LogP contribution in [0.15, 0.2) is 52.2 Å². The third kappa shape index (κ3) is 5.70. The molecule has 1 heterocycles. The number of rotatable bonds is 8. The second-order valence-corrected chi connectivity index (χ2v) is 10.5. The predicted molar refractivity (Wildman–Crippen MR) is 150 cm³/mol. The van der Waals surface area contributed by atoms with Crippen LogP contribution in [0.4, 0.5) is 27.3 Å². The molecule has 0 saturated heterocycles. The van der Waals surface area contributed by atoms with Crippen LogP contribution in [0.1, 0.15) is 48.2 Å². The van der Waals surface area contributed by atoms with Crippen LogP contribution in [0.25, 0.3) is 0 Å². The molecular weight excluding hydrogens is 507 g/mol. The van der Waals surface area contributed by atoms with E-state index in [1.54, 1.807) is 37.3 Å². The molecule has 0 aliphatic heterocycles. The van der Waals surface area contributed by atoms with Crippen molar-refractivity contribution in [2.45, 2.75) is 50.7 Å². The summed E-state index contributed by atoms with van der Waals surface area (Å²) in [4.78, 5) is 40.6. The fraction of sp³-hybridized carbons (Fsp3) is 0.321. The molecule has 2 N–H and O–H groups in total. The molecule has 10 heteroatoms. The first-order valence-electron chi connectivity index (χ1n) is 12.4. The molecule has 0 bridgehead atoms. The standard InChI is InChI=1S/C26H27FN4O4S.C2H6/c1-15-8-11-21(20(27)12-15)29-24-22(25(33)28-3)23(16(2)26(34)30(24)4)31(14-32)17-6-5-7-19(13-17)36(35)18-9-10-18;1-2/h5-8,11-14,18,29H,9-10H2,1-4H3,(H,28,33);1-2H3. The minimum absolute atomic E-state index is 0.0158. The van der Waals surface area contributed by atoms with E-state index in [2.05, 4.69) is 10.6 Å². The Morgan fingerprint density at radius 1 is 1.16 bits per heavy atom. The van der Waals surface area contributed by atoms with E-state index in [1.807, 2.05) is 13.8 Å². The number of hydrogen-bond donors (Lipinski definition) is 2. The second kappa shape index (κ2) is 12.2. The molecule has 1 fully saturated rings. The van der Waals surface area contributed by atoms with Crippen LogP contribution in [0.5, 0.6) is 0 Å². The van der Waals surface area contributed by atoms with E-state index in [4.69, 9.17) is 0 Å². The molecule has 4 rings (SSSR count). The molecular formula is C28H33FN4O4S. The molecule has 3 aromatic rings. The number of pyridine rings is 1. The third-order valence-corrected chi connectivity index (χ3v) is 7.92. The van der Waals surface area contributed by atoms with Crippen LogP contribution >= 0.6 is 0 Å². The lowest BCUT2D eigenvalue weighted by Gasteiger charge is -2.26. The quantitative estimate of drug-likeness (QED) is 0.399. The number of carbonyl (C=O) groups excluding carboxylic acids is 2. The molecule has 2 aromatic carbocycles. The number of amides is 2. The molecule has 1 saturated carbocycles. The number of hydrogen-bond acceptors (Lipinski definition) is 5. The lowest BCUT2D eigenvalue weighted by molar-refractivity contribution is -0.106. The number of nitrogens with one attached hydrogen (secondary N) is 2. The molecule has 202 valence electrons. The summed E-state index contributed by atoms with van der Waals surface area (Å²) in [5.74, 6) is -1.12. The molecule has 0 spiro atoms. The van der Waals surface area contributed by atoms with Gasteiger partial charge in [0.15, 0.2) is 0 Å². The Balaban J connectivity index is 0.00000195. The Morgan fingerprint density at radius 2 is 1.84 bits per heavy atom. The van der Waals surface area contributed by atoms with Gasteiger partial charge >= 0.3 is 0 Å². The van der Waals surface area contributed by atoms with Gasteiger partial charge in [-0.25, -0.2) is 4.39 Å². The molecule has 8 nitrogen and oxygen atoms in total. The SMILES string of the molecule is CC.CNC(=O)c1c(N(C=O)c2cccc(S(=O)C3CC3)c2)c(C)c(=O)n(C)c1Nc1ccc(C)cc1F. The van der Waals surface area contributed by atoms with E-state index >= 15 is 0 Å². The van der Waals surface area contributed by atoms with Gasteiger partial charge in [-0.1, -0.05) is 26.0 Å². The maximum Gasteiger partial charge on any atom is 0.256 e. The molecule has 1 atom stereocenters. The average Bonchev–Trinajstić information content (AvgIpc) is 3.77. The first-order chi connectivity index (χ1) is 18.2. The number of anilines is 4. The number of benzene rings is 2. The van der Waals surface area contributed by atoms with Crippen molar-refractivity contribution in [3.05, 3.63) is 75.3 Å². The molecule has 2 amide bonds. The van der Waals surface area contributed by atoms with Gasteiger partial charge < -0.3 is 10.6 Å². The summed E-state index contributed by atoms with van der Waals surface area (Å²) in [6, 6.07) is 11.2. The Hall–Kier alpha value is -3.79. The normalized spacial score (nSPS) is 13.1. The highest BCUT2D eigenvalue weighted by molar-refractivity contribution is 7.86. The van der Waals surface area contributed by atoms with Crippen molar-refractivity contribution in [2.75, 3.05) is 17.3 Å². The number of halogens is 1. The van der Waals surface area contributed by atoms with E-state index in [0.29, 0.717) is 22.6 Å². The lowest BCUT2D eigenvalue weighted by atomic mass is 10.1. The summed E-state index contributed by atoms with van der Waals surface area (Å²) >= 11 is 0. The number of aryl methyl sites for hydroxylation is 1. The van der Waals surface area contributed by atoms with Crippen molar-refractivity contribution >= 4 is 46.0 Å². The first kappa shape index (κ1) is 28.8. The molecule has 0 radical (unpaired) electrons. The minimum Gasteiger partial charge on any atom is -0.355 e. The van der Waals surface area contributed by atoms with Gasteiger partial charge in [-0.15, -0.1) is 0 Å². The van der Waals surface area contributed by atoms with Crippen molar-refractivity contribution in [3.63, 3.8) is 0 Å². The van der Waals surface area contributed by atoms with Crippen LogP contribution < -0.4 is 21.1 Å². The number of carbonyl (C=O) groups is 2. The van der Waals surface area contributed by atoms with Crippen LogP contribution in [0, 0.1) is 19.7 Å². The topological polar surface area (TPSA) is 101 Å². The van der Waals surface area contributed by atoms with E-state index in [0.717, 1.165) is 12.8 Å². The Bertz CT molecular complexity index is 1450. The summed E-state index contributed by atoms with van der Waals surface area (Å²) < 4.78 is 28.7. The van der Waals surface area contributed by atoms with E-state index in [-0.39, 0.29) is 33.6 Å². The zero-order valence-electron chi connectivity index (χ0n) is 22.4. The average molecular weight is 541 g/mol. The highest BCUT2D eigenvalue weighted by atomic mass is 32.2. The predicted octanol–water partition coefficient (Wildman–Crippen LogP) is 4.84. The maximum absolute atomic E-state index is 14.7. The van der Waals surface area contributed by atoms with Gasteiger partial charge in [-0.3, -0.25) is 28.1 Å². The van der Waals surface area contributed by atoms with Crippen LogP contribution in [-0.4, -0.2) is 33.4 Å². The van der Waals surface area contributed by atoms with Crippen LogP contribution in [0.2, 0.25) is 0 Å². The first-order valence-corrected chi connectivity index (χ1v) is 13.6. The minimum atomic E-state index is -1.22. The van der Waals surface area contributed by atoms with Crippen molar-refractivity contribution in [3.8, 4) is 0 Å². The summed E-state index contributed by atoms with van der Waals surface area (Å²) in [6.07, 6.45) is 2.27. The van der Waals surface area contributed by atoms with Gasteiger partial charge in [-0.05, 0) is 62.6 Å². The zero-order chi connectivity index (χ0) is 28.1. The highest BCUT2D eigenvalue weighted by Gasteiger charge is 2.31. The number of aromatic nitrogens is 1. The summed E-state index contributed by atoms with van der Waals surface area (Å²) in [6.45, 7) is 7.26. The maximum atomic E-state index is 14.7. The third-order valence-electron chi connectivity index (χ3n) is 6.12. The van der Waals surface area contributed by atoms with Crippen molar-refractivity contribution in [1.29, 1.82) is 0 Å². The summed E-state index contributed by atoms with van der Waals surface area (Å²) in [5, 5.41) is 5.52. The van der Waals surface area contributed by atoms with Crippen LogP contribution in [-0.2, 0) is 22.6 Å². The fourth-order valence-corrected chi connectivity index (χ4v) is 5.43.